The highest BCUT2D eigenvalue weighted by atomic mass is 16.6. The van der Waals surface area contributed by atoms with Crippen molar-refractivity contribution in [3.05, 3.63) is 11.4 Å². The Hall–Kier alpha value is -2.45. The van der Waals surface area contributed by atoms with Crippen LogP contribution in [0.4, 0.5) is 9.59 Å². The SMILES string of the molecule is CCOC(=O)NN(C(=O)OCC)C(C(=O)OCC)=C(C)N. The van der Waals surface area contributed by atoms with Crippen molar-refractivity contribution in [3.8, 4) is 0 Å². The van der Waals surface area contributed by atoms with Gasteiger partial charge in [-0.1, -0.05) is 0 Å². The molecule has 3 N–H and O–H groups in total. The maximum absolute atomic E-state index is 11.9. The van der Waals surface area contributed by atoms with E-state index in [2.05, 4.69) is 10.2 Å². The monoisotopic (exact) mass is 303 g/mol. The third kappa shape index (κ3) is 6.02. The molecule has 2 amide bonds. The number of esters is 1. The number of hydrogen-bond donors (Lipinski definition) is 2. The zero-order chi connectivity index (χ0) is 16.4. The van der Waals surface area contributed by atoms with Crippen LogP contribution in [0.15, 0.2) is 11.4 Å². The molecule has 0 rings (SSSR count). The van der Waals surface area contributed by atoms with Crippen molar-refractivity contribution >= 4 is 18.2 Å². The molecule has 0 saturated heterocycles. The third-order valence-electron chi connectivity index (χ3n) is 1.99. The topological polar surface area (TPSA) is 120 Å². The highest BCUT2D eigenvalue weighted by Gasteiger charge is 2.30. The number of rotatable bonds is 5. The van der Waals surface area contributed by atoms with Crippen LogP contribution in [0.25, 0.3) is 0 Å². The first-order valence-electron chi connectivity index (χ1n) is 6.42. The summed E-state index contributed by atoms with van der Waals surface area (Å²) < 4.78 is 14.2. The molecule has 0 radical (unpaired) electrons. The Morgan fingerprint density at radius 2 is 1.52 bits per heavy atom. The number of ether oxygens (including phenoxy) is 3. The summed E-state index contributed by atoms with van der Waals surface area (Å²) in [7, 11) is 0. The number of nitrogens with two attached hydrogens (primary N) is 1. The predicted molar refractivity (Wildman–Crippen MR) is 72.5 cm³/mol. The molecule has 0 aliphatic heterocycles. The molecule has 0 spiro atoms. The third-order valence-corrected chi connectivity index (χ3v) is 1.99. The second kappa shape index (κ2) is 9.45. The first-order chi connectivity index (χ1) is 9.88. The average molecular weight is 303 g/mol. The molecule has 0 saturated carbocycles. The second-order valence-electron chi connectivity index (χ2n) is 3.62. The summed E-state index contributed by atoms with van der Waals surface area (Å²) >= 11 is 0. The summed E-state index contributed by atoms with van der Waals surface area (Å²) in [6.07, 6.45) is -1.92. The first kappa shape index (κ1) is 18.6. The lowest BCUT2D eigenvalue weighted by Crippen LogP contribution is -2.48. The zero-order valence-corrected chi connectivity index (χ0v) is 12.6. The maximum atomic E-state index is 11.9. The van der Waals surface area contributed by atoms with E-state index in [1.54, 1.807) is 20.8 Å². The molecule has 120 valence electrons. The molecule has 0 aromatic heterocycles. The maximum Gasteiger partial charge on any atom is 0.433 e. The zero-order valence-electron chi connectivity index (χ0n) is 12.6. The van der Waals surface area contributed by atoms with Gasteiger partial charge in [-0.05, 0) is 27.7 Å². The van der Waals surface area contributed by atoms with Crippen molar-refractivity contribution in [2.75, 3.05) is 19.8 Å². The predicted octanol–water partition coefficient (Wildman–Crippen LogP) is 0.859. The number of allylic oxidation sites excluding steroid dienone is 1. The molecule has 0 heterocycles. The standard InChI is InChI=1S/C12H21N3O6/c1-5-19-10(16)9(8(4)13)15(12(18)21-7-3)14-11(17)20-6-2/h5-7,13H2,1-4H3,(H,14,17). The van der Waals surface area contributed by atoms with Crippen molar-refractivity contribution in [2.45, 2.75) is 27.7 Å². The summed E-state index contributed by atoms with van der Waals surface area (Å²) in [6.45, 7) is 6.34. The molecule has 0 atom stereocenters. The van der Waals surface area contributed by atoms with E-state index >= 15 is 0 Å². The van der Waals surface area contributed by atoms with E-state index in [0.717, 1.165) is 0 Å². The van der Waals surface area contributed by atoms with E-state index in [1.807, 2.05) is 0 Å². The molecule has 9 heteroatoms. The van der Waals surface area contributed by atoms with Crippen molar-refractivity contribution in [2.24, 2.45) is 5.73 Å². The Bertz CT molecular complexity index is 417. The molecular weight excluding hydrogens is 282 g/mol. The minimum absolute atomic E-state index is 0.0294. The minimum atomic E-state index is -0.988. The number of amides is 2. The lowest BCUT2D eigenvalue weighted by molar-refractivity contribution is -0.140. The van der Waals surface area contributed by atoms with Crippen LogP contribution in [0.2, 0.25) is 0 Å². The van der Waals surface area contributed by atoms with Gasteiger partial charge in [0.05, 0.1) is 19.8 Å². The van der Waals surface area contributed by atoms with E-state index in [0.29, 0.717) is 5.01 Å². The molecular formula is C12H21N3O6. The summed E-state index contributed by atoms with van der Waals surface area (Å²) in [5, 5.41) is 0.564. The fraction of sp³-hybridized carbons (Fsp3) is 0.583. The van der Waals surface area contributed by atoms with Crippen LogP contribution in [-0.4, -0.2) is 43.0 Å². The molecule has 0 bridgehead atoms. The van der Waals surface area contributed by atoms with Crippen molar-refractivity contribution in [3.63, 3.8) is 0 Å². The Kier molecular flexibility index (Phi) is 8.35. The van der Waals surface area contributed by atoms with Crippen molar-refractivity contribution in [1.29, 1.82) is 0 Å². The number of hydrazine groups is 1. The molecule has 21 heavy (non-hydrogen) atoms. The summed E-state index contributed by atoms with van der Waals surface area (Å²) in [6, 6.07) is 0. The second-order valence-corrected chi connectivity index (χ2v) is 3.62. The van der Waals surface area contributed by atoms with Gasteiger partial charge in [0.1, 0.15) is 0 Å². The van der Waals surface area contributed by atoms with Gasteiger partial charge in [-0.2, -0.15) is 5.01 Å². The summed E-state index contributed by atoms with van der Waals surface area (Å²) in [5.41, 5.74) is 7.30. The van der Waals surface area contributed by atoms with Gasteiger partial charge in [0.15, 0.2) is 5.70 Å². The van der Waals surface area contributed by atoms with Gasteiger partial charge in [-0.3, -0.25) is 0 Å². The highest BCUT2D eigenvalue weighted by molar-refractivity contribution is 5.93. The number of hydrogen-bond acceptors (Lipinski definition) is 7. The van der Waals surface area contributed by atoms with Crippen molar-refractivity contribution < 1.29 is 28.6 Å². The van der Waals surface area contributed by atoms with E-state index in [9.17, 15) is 14.4 Å². The number of nitrogens with zero attached hydrogens (tertiary/aromatic N) is 1. The smallest absolute Gasteiger partial charge is 0.433 e. The van der Waals surface area contributed by atoms with Crippen LogP contribution in [0, 0.1) is 0 Å². The van der Waals surface area contributed by atoms with Gasteiger partial charge in [0, 0.05) is 5.70 Å². The fourth-order valence-electron chi connectivity index (χ4n) is 1.26. The molecule has 0 aliphatic carbocycles. The number of carbonyl (C=O) groups excluding carboxylic acids is 3. The van der Waals surface area contributed by atoms with Crippen molar-refractivity contribution in [1.82, 2.24) is 10.4 Å². The van der Waals surface area contributed by atoms with Gasteiger partial charge >= 0.3 is 18.2 Å². The quantitative estimate of drug-likeness (QED) is 0.334. The van der Waals surface area contributed by atoms with E-state index in [4.69, 9.17) is 15.2 Å². The van der Waals surface area contributed by atoms with Crippen LogP contribution >= 0.6 is 0 Å². The van der Waals surface area contributed by atoms with Crippen LogP contribution in [-0.2, 0) is 19.0 Å². The van der Waals surface area contributed by atoms with Gasteiger partial charge in [0.2, 0.25) is 0 Å². The van der Waals surface area contributed by atoms with E-state index in [1.165, 1.54) is 6.92 Å². The van der Waals surface area contributed by atoms with Gasteiger partial charge < -0.3 is 19.9 Å². The molecule has 0 unspecified atom stereocenters. The minimum Gasteiger partial charge on any atom is -0.461 e. The Morgan fingerprint density at radius 3 is 1.95 bits per heavy atom. The first-order valence-corrected chi connectivity index (χ1v) is 6.42. The summed E-state index contributed by atoms with van der Waals surface area (Å²) in [5.74, 6) is -0.873. The normalized spacial score (nSPS) is 11.0. The Labute approximate surface area is 123 Å². The fourth-order valence-corrected chi connectivity index (χ4v) is 1.26. The van der Waals surface area contributed by atoms with Crippen LogP contribution in [0.1, 0.15) is 27.7 Å². The van der Waals surface area contributed by atoms with Crippen LogP contribution in [0.5, 0.6) is 0 Å². The highest BCUT2D eigenvalue weighted by Crippen LogP contribution is 2.10. The molecule has 0 fully saturated rings. The lowest BCUT2D eigenvalue weighted by Gasteiger charge is -2.24. The molecule has 0 aromatic rings. The number of carbonyl (C=O) groups is 3. The molecule has 0 aromatic carbocycles. The molecule has 0 aliphatic rings. The van der Waals surface area contributed by atoms with Crippen LogP contribution < -0.4 is 11.2 Å². The lowest BCUT2D eigenvalue weighted by atomic mass is 10.3. The average Bonchev–Trinajstić information content (AvgIpc) is 2.38. The summed E-state index contributed by atoms with van der Waals surface area (Å²) in [4.78, 5) is 35.2. The van der Waals surface area contributed by atoms with Crippen LogP contribution in [0.3, 0.4) is 0 Å². The van der Waals surface area contributed by atoms with Gasteiger partial charge in [-0.25, -0.2) is 19.8 Å². The van der Waals surface area contributed by atoms with E-state index in [-0.39, 0.29) is 31.2 Å². The Balaban J connectivity index is 5.41. The molecule has 9 nitrogen and oxygen atoms in total. The van der Waals surface area contributed by atoms with Gasteiger partial charge in [0.25, 0.3) is 0 Å². The van der Waals surface area contributed by atoms with Gasteiger partial charge in [-0.15, -0.1) is 0 Å². The largest absolute Gasteiger partial charge is 0.461 e. The Morgan fingerprint density at radius 1 is 1.00 bits per heavy atom. The van der Waals surface area contributed by atoms with E-state index < -0.39 is 18.2 Å². The number of nitrogens with one attached hydrogen (secondary N) is 1.